The van der Waals surface area contributed by atoms with E-state index in [1.807, 2.05) is 4.90 Å². The topological polar surface area (TPSA) is 53.0 Å². The minimum absolute atomic E-state index is 0.206. The average molecular weight is 310 g/mol. The first-order chi connectivity index (χ1) is 10.6. The molecule has 0 aliphatic carbocycles. The molecule has 0 spiro atoms. The number of β-amino-alcohol motifs (C(OH)–C–C–N with tert-alkyl or cyclic N) is 1. The molecule has 0 radical (unpaired) electrons. The van der Waals surface area contributed by atoms with Gasteiger partial charge in [0, 0.05) is 58.7 Å². The maximum atomic E-state index is 11.7. The number of rotatable bonds is 2. The Bertz CT molecular complexity index is 395. The van der Waals surface area contributed by atoms with Crippen LogP contribution in [-0.4, -0.2) is 71.8 Å². The highest BCUT2D eigenvalue weighted by atomic mass is 16.5. The summed E-state index contributed by atoms with van der Waals surface area (Å²) in [6.45, 7) is 6.67. The lowest BCUT2D eigenvalue weighted by Gasteiger charge is -2.45. The number of hydrogen-bond donors (Lipinski definition) is 1. The third-order valence-corrected chi connectivity index (χ3v) is 5.80. The van der Waals surface area contributed by atoms with Gasteiger partial charge in [0.25, 0.3) is 0 Å². The van der Waals surface area contributed by atoms with E-state index in [4.69, 9.17) is 4.74 Å². The third-order valence-electron chi connectivity index (χ3n) is 5.80. The minimum Gasteiger partial charge on any atom is -0.388 e. The molecular formula is C17H30N2O3. The summed E-state index contributed by atoms with van der Waals surface area (Å²) in [5, 5.41) is 10.9. The van der Waals surface area contributed by atoms with Crippen LogP contribution in [0.4, 0.5) is 0 Å². The zero-order chi connectivity index (χ0) is 15.6. The second-order valence-corrected chi connectivity index (χ2v) is 7.38. The molecule has 126 valence electrons. The number of likely N-dealkylation sites (tertiary alicyclic amines) is 2. The van der Waals surface area contributed by atoms with Gasteiger partial charge in [-0.05, 0) is 31.7 Å². The van der Waals surface area contributed by atoms with Crippen molar-refractivity contribution < 1.29 is 14.6 Å². The van der Waals surface area contributed by atoms with Crippen molar-refractivity contribution in [3.05, 3.63) is 0 Å². The number of carbonyl (C=O) groups excluding carboxylic acids is 1. The van der Waals surface area contributed by atoms with Crippen LogP contribution in [0.15, 0.2) is 0 Å². The summed E-state index contributed by atoms with van der Waals surface area (Å²) < 4.78 is 5.40. The number of fused-ring (bicyclic) bond motifs is 1. The fourth-order valence-corrected chi connectivity index (χ4v) is 4.44. The van der Waals surface area contributed by atoms with Crippen molar-refractivity contribution in [3.63, 3.8) is 0 Å². The second-order valence-electron chi connectivity index (χ2n) is 7.38. The summed E-state index contributed by atoms with van der Waals surface area (Å²) in [6.07, 6.45) is 6.22. The molecule has 2 atom stereocenters. The van der Waals surface area contributed by atoms with Crippen molar-refractivity contribution in [2.75, 3.05) is 39.4 Å². The highest BCUT2D eigenvalue weighted by molar-refractivity contribution is 5.73. The lowest BCUT2D eigenvalue weighted by atomic mass is 9.86. The van der Waals surface area contributed by atoms with Crippen molar-refractivity contribution in [1.29, 1.82) is 0 Å². The van der Waals surface area contributed by atoms with Gasteiger partial charge in [0.15, 0.2) is 0 Å². The Balaban J connectivity index is 1.67. The molecule has 3 fully saturated rings. The van der Waals surface area contributed by atoms with Crippen LogP contribution in [0.3, 0.4) is 0 Å². The van der Waals surface area contributed by atoms with E-state index < -0.39 is 5.60 Å². The molecule has 5 nitrogen and oxygen atoms in total. The monoisotopic (exact) mass is 310 g/mol. The Kier molecular flexibility index (Phi) is 5.05. The molecule has 1 N–H and O–H groups in total. The number of hydrogen-bond acceptors (Lipinski definition) is 4. The lowest BCUT2D eigenvalue weighted by Crippen LogP contribution is -2.56. The van der Waals surface area contributed by atoms with E-state index in [0.29, 0.717) is 25.2 Å². The van der Waals surface area contributed by atoms with Crippen molar-refractivity contribution in [3.8, 4) is 0 Å². The first-order valence-electron chi connectivity index (χ1n) is 8.87. The van der Waals surface area contributed by atoms with E-state index in [0.717, 1.165) is 45.4 Å². The predicted molar refractivity (Wildman–Crippen MR) is 84.6 cm³/mol. The highest BCUT2D eigenvalue weighted by Gasteiger charge is 2.39. The van der Waals surface area contributed by atoms with Crippen LogP contribution in [0.5, 0.6) is 0 Å². The van der Waals surface area contributed by atoms with E-state index in [1.54, 1.807) is 6.92 Å². The molecule has 5 heteroatoms. The molecule has 3 aliphatic rings. The smallest absolute Gasteiger partial charge is 0.219 e. The summed E-state index contributed by atoms with van der Waals surface area (Å²) in [4.78, 5) is 16.2. The number of carbonyl (C=O) groups is 1. The fourth-order valence-electron chi connectivity index (χ4n) is 4.44. The number of piperidine rings is 1. The summed E-state index contributed by atoms with van der Waals surface area (Å²) in [6, 6.07) is 0.532. The predicted octanol–water partition coefficient (Wildman–Crippen LogP) is 1.25. The summed E-state index contributed by atoms with van der Waals surface area (Å²) in [5.41, 5.74) is -0.579. The van der Waals surface area contributed by atoms with Crippen molar-refractivity contribution in [1.82, 2.24) is 9.80 Å². The normalized spacial score (nSPS) is 33.1. The molecule has 0 aromatic carbocycles. The van der Waals surface area contributed by atoms with Gasteiger partial charge in [0.05, 0.1) is 5.60 Å². The molecule has 1 amide bonds. The molecule has 0 aromatic heterocycles. The number of nitrogens with zero attached hydrogens (tertiary/aromatic N) is 2. The van der Waals surface area contributed by atoms with Gasteiger partial charge in [-0.3, -0.25) is 9.69 Å². The molecular weight excluding hydrogens is 280 g/mol. The second kappa shape index (κ2) is 6.85. The quantitative estimate of drug-likeness (QED) is 0.834. The molecule has 3 aliphatic heterocycles. The van der Waals surface area contributed by atoms with E-state index in [-0.39, 0.29) is 5.91 Å². The molecule has 0 saturated carbocycles. The Morgan fingerprint density at radius 1 is 1.23 bits per heavy atom. The SMILES string of the molecule is CC(=O)N1CC[C@H]2[C@H](CCCCN2CC2(O)CCOCC2)C1. The van der Waals surface area contributed by atoms with Crippen LogP contribution in [0.1, 0.15) is 45.4 Å². The van der Waals surface area contributed by atoms with Gasteiger partial charge in [0.2, 0.25) is 5.91 Å². The van der Waals surface area contributed by atoms with Crippen molar-refractivity contribution in [2.24, 2.45) is 5.92 Å². The zero-order valence-corrected chi connectivity index (χ0v) is 13.8. The molecule has 3 saturated heterocycles. The van der Waals surface area contributed by atoms with Gasteiger partial charge in [-0.25, -0.2) is 0 Å². The van der Waals surface area contributed by atoms with E-state index in [2.05, 4.69) is 4.90 Å². The van der Waals surface area contributed by atoms with Crippen LogP contribution in [0.2, 0.25) is 0 Å². The Hall–Kier alpha value is -0.650. The number of ether oxygens (including phenoxy) is 1. The fraction of sp³-hybridized carbons (Fsp3) is 0.941. The average Bonchev–Trinajstić information content (AvgIpc) is 2.69. The van der Waals surface area contributed by atoms with E-state index >= 15 is 0 Å². The van der Waals surface area contributed by atoms with Crippen LogP contribution in [-0.2, 0) is 9.53 Å². The van der Waals surface area contributed by atoms with Gasteiger partial charge in [-0.2, -0.15) is 0 Å². The maximum absolute atomic E-state index is 11.7. The third kappa shape index (κ3) is 3.63. The van der Waals surface area contributed by atoms with Gasteiger partial charge in [-0.15, -0.1) is 0 Å². The zero-order valence-electron chi connectivity index (χ0n) is 13.8. The standard InChI is InChI=1S/C17H30N2O3/c1-14(20)18-9-5-16-15(12-18)4-2-3-8-19(16)13-17(21)6-10-22-11-7-17/h15-16,21H,2-13H2,1H3/t15-,16+/m1/s1. The molecule has 0 aromatic rings. The van der Waals surface area contributed by atoms with Gasteiger partial charge in [-0.1, -0.05) is 6.42 Å². The molecule has 0 bridgehead atoms. The van der Waals surface area contributed by atoms with Gasteiger partial charge < -0.3 is 14.7 Å². The van der Waals surface area contributed by atoms with Crippen molar-refractivity contribution in [2.45, 2.75) is 57.1 Å². The molecule has 3 rings (SSSR count). The first kappa shape index (κ1) is 16.2. The Labute approximate surface area is 133 Å². The minimum atomic E-state index is -0.579. The van der Waals surface area contributed by atoms with E-state index in [1.165, 1.54) is 19.3 Å². The first-order valence-corrected chi connectivity index (χ1v) is 8.87. The van der Waals surface area contributed by atoms with Crippen molar-refractivity contribution >= 4 is 5.91 Å². The van der Waals surface area contributed by atoms with Gasteiger partial charge in [0.1, 0.15) is 0 Å². The maximum Gasteiger partial charge on any atom is 0.219 e. The highest BCUT2D eigenvalue weighted by Crippen LogP contribution is 2.32. The van der Waals surface area contributed by atoms with Crippen LogP contribution >= 0.6 is 0 Å². The molecule has 0 unspecified atom stereocenters. The van der Waals surface area contributed by atoms with Crippen LogP contribution in [0.25, 0.3) is 0 Å². The summed E-state index contributed by atoms with van der Waals surface area (Å²) in [7, 11) is 0. The van der Waals surface area contributed by atoms with Crippen LogP contribution < -0.4 is 0 Å². The Morgan fingerprint density at radius 3 is 2.73 bits per heavy atom. The number of aliphatic hydroxyl groups is 1. The van der Waals surface area contributed by atoms with Gasteiger partial charge >= 0.3 is 0 Å². The Morgan fingerprint density at radius 2 is 2.00 bits per heavy atom. The largest absolute Gasteiger partial charge is 0.388 e. The molecule has 22 heavy (non-hydrogen) atoms. The lowest BCUT2D eigenvalue weighted by molar-refractivity contribution is -0.132. The van der Waals surface area contributed by atoms with Crippen LogP contribution in [0, 0.1) is 5.92 Å². The molecule has 3 heterocycles. The summed E-state index contributed by atoms with van der Waals surface area (Å²) >= 11 is 0. The van der Waals surface area contributed by atoms with E-state index in [9.17, 15) is 9.90 Å². The summed E-state index contributed by atoms with van der Waals surface area (Å²) in [5.74, 6) is 0.779. The number of amides is 1.